The molecule has 2 atom stereocenters. The van der Waals surface area contributed by atoms with E-state index in [0.717, 1.165) is 29.5 Å². The van der Waals surface area contributed by atoms with Crippen LogP contribution in [0.3, 0.4) is 0 Å². The molecule has 4 aromatic rings. The Labute approximate surface area is 227 Å². The van der Waals surface area contributed by atoms with Crippen LogP contribution in [0, 0.1) is 6.92 Å². The Hall–Kier alpha value is -4.24. The molecule has 1 aliphatic heterocycles. The van der Waals surface area contributed by atoms with Gasteiger partial charge in [0.25, 0.3) is 0 Å². The number of nitrogens with zero attached hydrogens (tertiary/aromatic N) is 4. The standard InChI is InChI=1S/C30H33N5O4/c1-21-9-11-22(12-10-21)19-34(28(36)20-35-27-8-4-3-7-26(27)32-33-35)29(23-13-15-24(38-2)16-14-23)30(37)31-18-25-6-5-17-39-25/h3-4,7-16,25,29H,5-6,17-20H2,1-2H3,(H,31,37). The molecule has 39 heavy (non-hydrogen) atoms. The fraction of sp³-hybridized carbons (Fsp3) is 0.333. The zero-order valence-corrected chi connectivity index (χ0v) is 22.2. The van der Waals surface area contributed by atoms with Crippen LogP contribution in [0.5, 0.6) is 5.75 Å². The summed E-state index contributed by atoms with van der Waals surface area (Å²) in [6.07, 6.45) is 1.86. The van der Waals surface area contributed by atoms with Crippen molar-refractivity contribution in [3.63, 3.8) is 0 Å². The number of benzene rings is 3. The quantitative estimate of drug-likeness (QED) is 0.337. The van der Waals surface area contributed by atoms with E-state index in [0.29, 0.717) is 30.0 Å². The molecule has 2 unspecified atom stereocenters. The van der Waals surface area contributed by atoms with Crippen LogP contribution in [0.2, 0.25) is 0 Å². The van der Waals surface area contributed by atoms with Crippen LogP contribution in [0.1, 0.15) is 35.6 Å². The van der Waals surface area contributed by atoms with Crippen LogP contribution >= 0.6 is 0 Å². The Kier molecular flexibility index (Phi) is 8.17. The monoisotopic (exact) mass is 527 g/mol. The topological polar surface area (TPSA) is 98.6 Å². The maximum Gasteiger partial charge on any atom is 0.247 e. The fourth-order valence-electron chi connectivity index (χ4n) is 4.84. The lowest BCUT2D eigenvalue weighted by atomic mass is 10.0. The molecule has 2 amide bonds. The summed E-state index contributed by atoms with van der Waals surface area (Å²) in [5.74, 6) is 0.154. The molecule has 1 saturated heterocycles. The molecule has 9 nitrogen and oxygen atoms in total. The van der Waals surface area contributed by atoms with Gasteiger partial charge in [0.1, 0.15) is 23.9 Å². The van der Waals surface area contributed by atoms with Crippen LogP contribution < -0.4 is 10.1 Å². The highest BCUT2D eigenvalue weighted by Gasteiger charge is 2.33. The van der Waals surface area contributed by atoms with Gasteiger partial charge in [-0.2, -0.15) is 0 Å². The number of aromatic nitrogens is 3. The van der Waals surface area contributed by atoms with Crippen LogP contribution in [0.15, 0.2) is 72.8 Å². The van der Waals surface area contributed by atoms with Gasteiger partial charge in [0.05, 0.1) is 18.7 Å². The summed E-state index contributed by atoms with van der Waals surface area (Å²) in [4.78, 5) is 29.5. The Morgan fingerprint density at radius 2 is 1.87 bits per heavy atom. The van der Waals surface area contributed by atoms with Crippen molar-refractivity contribution in [2.45, 2.75) is 45.0 Å². The van der Waals surface area contributed by atoms with E-state index in [1.54, 1.807) is 28.8 Å². The molecular formula is C30H33N5O4. The lowest BCUT2D eigenvalue weighted by Gasteiger charge is -2.32. The van der Waals surface area contributed by atoms with Gasteiger partial charge in [-0.15, -0.1) is 5.10 Å². The first-order valence-corrected chi connectivity index (χ1v) is 13.2. The van der Waals surface area contributed by atoms with E-state index in [1.165, 1.54) is 0 Å². The number of amides is 2. The number of carbonyl (C=O) groups is 2. The highest BCUT2D eigenvalue weighted by Crippen LogP contribution is 2.27. The first-order valence-electron chi connectivity index (χ1n) is 13.2. The maximum atomic E-state index is 14.0. The molecular weight excluding hydrogens is 494 g/mol. The van der Waals surface area contributed by atoms with Gasteiger partial charge in [-0.3, -0.25) is 9.59 Å². The van der Waals surface area contributed by atoms with Crippen molar-refractivity contribution in [2.24, 2.45) is 0 Å². The Balaban J connectivity index is 1.49. The number of rotatable bonds is 10. The normalized spacial score (nSPS) is 15.7. The molecule has 0 spiro atoms. The molecule has 0 bridgehead atoms. The Morgan fingerprint density at radius 3 is 2.59 bits per heavy atom. The van der Waals surface area contributed by atoms with Gasteiger partial charge in [-0.1, -0.05) is 59.3 Å². The number of hydrogen-bond donors (Lipinski definition) is 1. The second kappa shape index (κ2) is 12.1. The van der Waals surface area contributed by atoms with Crippen molar-refractivity contribution in [1.29, 1.82) is 0 Å². The van der Waals surface area contributed by atoms with E-state index in [9.17, 15) is 9.59 Å². The van der Waals surface area contributed by atoms with E-state index in [2.05, 4.69) is 15.6 Å². The van der Waals surface area contributed by atoms with Crippen molar-refractivity contribution in [1.82, 2.24) is 25.2 Å². The van der Waals surface area contributed by atoms with Gasteiger partial charge in [0.2, 0.25) is 11.8 Å². The molecule has 0 radical (unpaired) electrons. The van der Waals surface area contributed by atoms with Gasteiger partial charge in [-0.05, 0) is 55.2 Å². The third kappa shape index (κ3) is 6.26. The number of methoxy groups -OCH3 is 1. The Bertz CT molecular complexity index is 1410. The lowest BCUT2D eigenvalue weighted by molar-refractivity contribution is -0.142. The second-order valence-electron chi connectivity index (χ2n) is 9.80. The first-order chi connectivity index (χ1) is 19.0. The van der Waals surface area contributed by atoms with Crippen molar-refractivity contribution in [3.05, 3.63) is 89.5 Å². The number of ether oxygens (including phenoxy) is 2. The van der Waals surface area contributed by atoms with E-state index >= 15 is 0 Å². The molecule has 3 aromatic carbocycles. The minimum Gasteiger partial charge on any atom is -0.497 e. The van der Waals surface area contributed by atoms with Crippen molar-refractivity contribution in [3.8, 4) is 5.75 Å². The smallest absolute Gasteiger partial charge is 0.247 e. The second-order valence-corrected chi connectivity index (χ2v) is 9.80. The molecule has 1 aromatic heterocycles. The molecule has 1 N–H and O–H groups in total. The molecule has 1 aliphatic rings. The minimum atomic E-state index is -0.874. The highest BCUT2D eigenvalue weighted by atomic mass is 16.5. The fourth-order valence-corrected chi connectivity index (χ4v) is 4.84. The van der Waals surface area contributed by atoms with Crippen molar-refractivity contribution < 1.29 is 19.1 Å². The lowest BCUT2D eigenvalue weighted by Crippen LogP contribution is -2.46. The zero-order valence-electron chi connectivity index (χ0n) is 22.2. The van der Waals surface area contributed by atoms with E-state index < -0.39 is 6.04 Å². The number of hydrogen-bond acceptors (Lipinski definition) is 6. The summed E-state index contributed by atoms with van der Waals surface area (Å²) in [5.41, 5.74) is 4.18. The van der Waals surface area contributed by atoms with E-state index in [-0.39, 0.29) is 31.0 Å². The molecule has 9 heteroatoms. The van der Waals surface area contributed by atoms with Gasteiger partial charge < -0.3 is 19.7 Å². The van der Waals surface area contributed by atoms with Crippen molar-refractivity contribution >= 4 is 22.8 Å². The number of carbonyl (C=O) groups excluding carboxylic acids is 2. The summed E-state index contributed by atoms with van der Waals surface area (Å²) < 4.78 is 12.6. The number of nitrogens with one attached hydrogen (secondary N) is 1. The average Bonchev–Trinajstić information content (AvgIpc) is 3.63. The van der Waals surface area contributed by atoms with E-state index in [1.807, 2.05) is 67.6 Å². The third-order valence-corrected chi connectivity index (χ3v) is 7.02. The number of aryl methyl sites for hydroxylation is 1. The molecule has 0 aliphatic carbocycles. The van der Waals surface area contributed by atoms with Gasteiger partial charge >= 0.3 is 0 Å². The summed E-state index contributed by atoms with van der Waals surface area (Å²) >= 11 is 0. The summed E-state index contributed by atoms with van der Waals surface area (Å²) in [7, 11) is 1.59. The third-order valence-electron chi connectivity index (χ3n) is 7.02. The number of fused-ring (bicyclic) bond motifs is 1. The number of para-hydroxylation sites is 1. The maximum absolute atomic E-state index is 14.0. The predicted octanol–water partition coefficient (Wildman–Crippen LogP) is 3.81. The highest BCUT2D eigenvalue weighted by molar-refractivity contribution is 5.89. The largest absolute Gasteiger partial charge is 0.497 e. The molecule has 5 rings (SSSR count). The van der Waals surface area contributed by atoms with Crippen molar-refractivity contribution in [2.75, 3.05) is 20.3 Å². The van der Waals surface area contributed by atoms with Crippen LogP contribution in [-0.4, -0.2) is 58.1 Å². The summed E-state index contributed by atoms with van der Waals surface area (Å²) in [5, 5.41) is 11.4. The molecule has 202 valence electrons. The van der Waals surface area contributed by atoms with Crippen LogP contribution in [0.25, 0.3) is 11.0 Å². The van der Waals surface area contributed by atoms with Gasteiger partial charge in [-0.25, -0.2) is 4.68 Å². The SMILES string of the molecule is COc1ccc(C(C(=O)NCC2CCCO2)N(Cc2ccc(C)cc2)C(=O)Cn2nnc3ccccc32)cc1. The predicted molar refractivity (Wildman–Crippen MR) is 147 cm³/mol. The first kappa shape index (κ1) is 26.4. The summed E-state index contributed by atoms with van der Waals surface area (Å²) in [6, 6.07) is 21.8. The van der Waals surface area contributed by atoms with Gasteiger partial charge in [0.15, 0.2) is 0 Å². The minimum absolute atomic E-state index is 0.0202. The van der Waals surface area contributed by atoms with Crippen LogP contribution in [-0.2, 0) is 27.4 Å². The molecule has 0 saturated carbocycles. The van der Waals surface area contributed by atoms with Gasteiger partial charge in [0, 0.05) is 19.7 Å². The summed E-state index contributed by atoms with van der Waals surface area (Å²) in [6.45, 7) is 3.30. The van der Waals surface area contributed by atoms with Crippen LogP contribution in [0.4, 0.5) is 0 Å². The average molecular weight is 528 g/mol. The zero-order chi connectivity index (χ0) is 27.2. The van der Waals surface area contributed by atoms with E-state index in [4.69, 9.17) is 9.47 Å². The Morgan fingerprint density at radius 1 is 1.10 bits per heavy atom. The molecule has 2 heterocycles. The molecule has 1 fully saturated rings.